The molecule has 13 heteroatoms. The Morgan fingerprint density at radius 3 is 2.29 bits per heavy atom. The molecule has 0 aliphatic carbocycles. The number of ether oxygens (including phenoxy) is 1. The van der Waals surface area contributed by atoms with Crippen LogP contribution in [-0.2, 0) is 11.3 Å². The first-order valence-electron chi connectivity index (χ1n) is 10.9. The van der Waals surface area contributed by atoms with Crippen molar-refractivity contribution in [3.63, 3.8) is 0 Å². The van der Waals surface area contributed by atoms with Crippen molar-refractivity contribution in [3.8, 4) is 11.3 Å². The third kappa shape index (κ3) is 5.69. The normalized spacial score (nSPS) is 19.0. The number of rotatable bonds is 4. The number of nitrogens with zero attached hydrogens (tertiary/aromatic N) is 3. The Labute approximate surface area is 201 Å². The molecule has 1 aromatic heterocycles. The molecule has 0 N–H and O–H groups in total. The maximum Gasteiger partial charge on any atom is 0.434 e. The summed E-state index contributed by atoms with van der Waals surface area (Å²) in [6.45, 7) is 1.20. The molecule has 192 valence electrons. The number of aromatic nitrogens is 1. The lowest BCUT2D eigenvalue weighted by Gasteiger charge is -2.44. The van der Waals surface area contributed by atoms with Crippen molar-refractivity contribution in [2.24, 2.45) is 0 Å². The van der Waals surface area contributed by atoms with Crippen molar-refractivity contribution in [1.29, 1.82) is 0 Å². The molecular formula is C22H22ClF6N3O3. The average Bonchev–Trinajstić information content (AvgIpc) is 3.39. The minimum absolute atomic E-state index is 0.00733. The molecule has 1 aromatic carbocycles. The minimum atomic E-state index is -5.74. The fourth-order valence-electron chi connectivity index (χ4n) is 4.74. The third-order valence-corrected chi connectivity index (χ3v) is 6.80. The monoisotopic (exact) mass is 525 g/mol. The third-order valence-electron chi connectivity index (χ3n) is 6.55. The molecule has 0 atom stereocenters. The molecule has 2 aromatic rings. The summed E-state index contributed by atoms with van der Waals surface area (Å²) in [6, 6.07) is 8.90. The molecule has 2 aliphatic rings. The maximum absolute atomic E-state index is 12.7. The van der Waals surface area contributed by atoms with Crippen molar-refractivity contribution >= 4 is 17.7 Å². The number of carbonyl (C=O) groups is 1. The van der Waals surface area contributed by atoms with E-state index in [2.05, 4.69) is 14.8 Å². The van der Waals surface area contributed by atoms with E-state index in [1.807, 2.05) is 6.07 Å². The first-order valence-corrected chi connectivity index (χ1v) is 11.3. The van der Waals surface area contributed by atoms with Gasteiger partial charge in [0, 0.05) is 41.8 Å². The van der Waals surface area contributed by atoms with Crippen molar-refractivity contribution in [2.45, 2.75) is 56.2 Å². The SMILES string of the molecule is O=C(OC(C(F)(F)F)C(F)(F)F)N1CCC2(CCCN2Cc2cc(-c3ccc(Cl)cc3)on2)CC1. The standard InChI is InChI=1S/C22H22ClF6N3O3/c23-15-4-2-14(3-5-15)17-12-16(30-35-17)13-32-9-1-6-20(32)7-10-31(11-8-20)19(33)34-18(21(24,25)26)22(27,28)29/h2-5,12,18H,1,6-11,13H2. The number of carbonyl (C=O) groups excluding carboxylic acids is 1. The number of benzene rings is 1. The number of likely N-dealkylation sites (tertiary alicyclic amines) is 2. The fourth-order valence-corrected chi connectivity index (χ4v) is 4.87. The first-order chi connectivity index (χ1) is 16.4. The van der Waals surface area contributed by atoms with Gasteiger partial charge in [-0.15, -0.1) is 0 Å². The lowest BCUT2D eigenvalue weighted by molar-refractivity contribution is -0.308. The predicted molar refractivity (Wildman–Crippen MR) is 113 cm³/mol. The van der Waals surface area contributed by atoms with Crippen LogP contribution in [0.15, 0.2) is 34.9 Å². The molecular weight excluding hydrogens is 504 g/mol. The zero-order valence-electron chi connectivity index (χ0n) is 18.3. The summed E-state index contributed by atoms with van der Waals surface area (Å²) in [5, 5.41) is 4.72. The first kappa shape index (κ1) is 25.6. The maximum atomic E-state index is 12.7. The summed E-state index contributed by atoms with van der Waals surface area (Å²) < 4.78 is 85.7. The van der Waals surface area contributed by atoms with Crippen LogP contribution in [-0.4, -0.2) is 64.7 Å². The van der Waals surface area contributed by atoms with Gasteiger partial charge in [0.2, 0.25) is 0 Å². The fraction of sp³-hybridized carbons (Fsp3) is 0.545. The molecule has 2 aliphatic heterocycles. The topological polar surface area (TPSA) is 58.8 Å². The van der Waals surface area contributed by atoms with Gasteiger partial charge >= 0.3 is 18.4 Å². The van der Waals surface area contributed by atoms with Gasteiger partial charge in [0.15, 0.2) is 5.76 Å². The minimum Gasteiger partial charge on any atom is -0.426 e. The molecule has 3 heterocycles. The number of piperidine rings is 1. The molecule has 35 heavy (non-hydrogen) atoms. The highest BCUT2D eigenvalue weighted by atomic mass is 35.5. The van der Waals surface area contributed by atoms with Crippen LogP contribution in [0.5, 0.6) is 0 Å². The molecule has 2 saturated heterocycles. The summed E-state index contributed by atoms with van der Waals surface area (Å²) in [6.07, 6.45) is -14.8. The van der Waals surface area contributed by atoms with E-state index in [1.165, 1.54) is 0 Å². The van der Waals surface area contributed by atoms with E-state index < -0.39 is 24.5 Å². The molecule has 2 fully saturated rings. The van der Waals surface area contributed by atoms with Crippen LogP contribution in [0.4, 0.5) is 31.1 Å². The quantitative estimate of drug-likeness (QED) is 0.455. The van der Waals surface area contributed by atoms with Gasteiger partial charge in [-0.3, -0.25) is 4.90 Å². The number of halogens is 7. The average molecular weight is 526 g/mol. The Hall–Kier alpha value is -2.47. The molecule has 6 nitrogen and oxygen atoms in total. The molecule has 1 spiro atoms. The van der Waals surface area contributed by atoms with E-state index in [1.54, 1.807) is 24.3 Å². The second kappa shape index (κ2) is 9.53. The largest absolute Gasteiger partial charge is 0.434 e. The van der Waals surface area contributed by atoms with Crippen molar-refractivity contribution in [3.05, 3.63) is 41.0 Å². The zero-order chi connectivity index (χ0) is 25.4. The Bertz CT molecular complexity index is 1020. The van der Waals surface area contributed by atoms with Crippen molar-refractivity contribution < 1.29 is 40.4 Å². The highest BCUT2D eigenvalue weighted by molar-refractivity contribution is 6.30. The van der Waals surface area contributed by atoms with E-state index in [0.29, 0.717) is 35.9 Å². The van der Waals surface area contributed by atoms with E-state index in [9.17, 15) is 31.1 Å². The lowest BCUT2D eigenvalue weighted by atomic mass is 9.85. The predicted octanol–water partition coefficient (Wildman–Crippen LogP) is 6.06. The van der Waals surface area contributed by atoms with Gasteiger partial charge in [0.05, 0.1) is 5.69 Å². The smallest absolute Gasteiger partial charge is 0.426 e. The van der Waals surface area contributed by atoms with Gasteiger partial charge in [-0.05, 0) is 56.5 Å². The molecule has 1 amide bonds. The lowest BCUT2D eigenvalue weighted by Crippen LogP contribution is -2.54. The van der Waals surface area contributed by atoms with Gasteiger partial charge < -0.3 is 14.2 Å². The summed E-state index contributed by atoms with van der Waals surface area (Å²) >= 11 is 5.91. The summed E-state index contributed by atoms with van der Waals surface area (Å²) in [5.41, 5.74) is 1.17. The van der Waals surface area contributed by atoms with Crippen molar-refractivity contribution in [2.75, 3.05) is 19.6 Å². The molecule has 4 rings (SSSR count). The van der Waals surface area contributed by atoms with E-state index in [4.69, 9.17) is 16.1 Å². The van der Waals surface area contributed by atoms with Gasteiger partial charge in [0.25, 0.3) is 6.10 Å². The van der Waals surface area contributed by atoms with Crippen LogP contribution < -0.4 is 0 Å². The van der Waals surface area contributed by atoms with Crippen LogP contribution in [0.1, 0.15) is 31.4 Å². The summed E-state index contributed by atoms with van der Waals surface area (Å²) in [7, 11) is 0. The Kier molecular flexibility index (Phi) is 6.98. The van der Waals surface area contributed by atoms with E-state index >= 15 is 0 Å². The second-order valence-corrected chi connectivity index (χ2v) is 9.21. The number of hydrogen-bond acceptors (Lipinski definition) is 5. The van der Waals surface area contributed by atoms with Crippen LogP contribution >= 0.6 is 11.6 Å². The highest BCUT2D eigenvalue weighted by Gasteiger charge is 2.60. The van der Waals surface area contributed by atoms with Crippen LogP contribution in [0.3, 0.4) is 0 Å². The number of alkyl halides is 6. The van der Waals surface area contributed by atoms with Crippen molar-refractivity contribution in [1.82, 2.24) is 15.0 Å². The zero-order valence-corrected chi connectivity index (χ0v) is 19.1. The van der Waals surface area contributed by atoms with Crippen LogP contribution in [0, 0.1) is 0 Å². The van der Waals surface area contributed by atoms with Gasteiger partial charge in [-0.25, -0.2) is 4.79 Å². The Morgan fingerprint density at radius 2 is 1.69 bits per heavy atom. The number of amides is 1. The van der Waals surface area contributed by atoms with E-state index in [-0.39, 0.29) is 18.6 Å². The van der Waals surface area contributed by atoms with Crippen LogP contribution in [0.2, 0.25) is 5.02 Å². The second-order valence-electron chi connectivity index (χ2n) is 8.77. The van der Waals surface area contributed by atoms with E-state index in [0.717, 1.165) is 29.8 Å². The molecule has 0 saturated carbocycles. The molecule has 0 unspecified atom stereocenters. The van der Waals surface area contributed by atoms with Crippen LogP contribution in [0.25, 0.3) is 11.3 Å². The molecule has 0 radical (unpaired) electrons. The Balaban J connectivity index is 1.37. The molecule has 0 bridgehead atoms. The van der Waals surface area contributed by atoms with Gasteiger partial charge in [0.1, 0.15) is 0 Å². The highest BCUT2D eigenvalue weighted by Crippen LogP contribution is 2.41. The number of hydrogen-bond donors (Lipinski definition) is 0. The van der Waals surface area contributed by atoms with Gasteiger partial charge in [-0.1, -0.05) is 16.8 Å². The summed E-state index contributed by atoms with van der Waals surface area (Å²) in [4.78, 5) is 15.2. The summed E-state index contributed by atoms with van der Waals surface area (Å²) in [5.74, 6) is 0.575. The van der Waals surface area contributed by atoms with Gasteiger partial charge in [-0.2, -0.15) is 26.3 Å². The Morgan fingerprint density at radius 1 is 1.06 bits per heavy atom.